The van der Waals surface area contributed by atoms with E-state index in [9.17, 15) is 4.79 Å². The molecule has 0 saturated carbocycles. The second-order valence-corrected chi connectivity index (χ2v) is 5.53. The Hall–Kier alpha value is -2.81. The molecule has 1 aromatic carbocycles. The number of carbonyl (C=O) groups excluding carboxylic acids is 1. The number of aryl methyl sites for hydroxylation is 1. The molecule has 1 fully saturated rings. The van der Waals surface area contributed by atoms with E-state index in [4.69, 9.17) is 5.26 Å². The van der Waals surface area contributed by atoms with Crippen molar-refractivity contribution in [3.05, 3.63) is 42.4 Å². The van der Waals surface area contributed by atoms with Crippen molar-refractivity contribution in [2.75, 3.05) is 18.4 Å². The van der Waals surface area contributed by atoms with Gasteiger partial charge in [-0.1, -0.05) is 12.1 Å². The van der Waals surface area contributed by atoms with E-state index in [1.54, 1.807) is 17.4 Å². The molecular weight excluding hydrogens is 278 g/mol. The van der Waals surface area contributed by atoms with Crippen LogP contribution in [0, 0.1) is 24.3 Å². The number of anilines is 1. The molecule has 0 radical (unpaired) electrons. The second kappa shape index (κ2) is 5.90. The summed E-state index contributed by atoms with van der Waals surface area (Å²) in [4.78, 5) is 18.0. The fraction of sp³-hybridized carbons (Fsp3) is 0.312. The van der Waals surface area contributed by atoms with Gasteiger partial charge in [-0.25, -0.2) is 4.98 Å². The molecular formula is C16H17N5O. The summed E-state index contributed by atoms with van der Waals surface area (Å²) in [6.45, 7) is 3.16. The molecule has 22 heavy (non-hydrogen) atoms. The van der Waals surface area contributed by atoms with Crippen molar-refractivity contribution in [3.63, 3.8) is 0 Å². The summed E-state index contributed by atoms with van der Waals surface area (Å²) in [5.41, 5.74) is 2.17. The highest BCUT2D eigenvalue weighted by atomic mass is 16.2. The maximum Gasteiger partial charge on any atom is 0.230 e. The first kappa shape index (κ1) is 14.1. The largest absolute Gasteiger partial charge is 0.310 e. The normalized spacial score (nSPS) is 17.3. The Labute approximate surface area is 129 Å². The van der Waals surface area contributed by atoms with E-state index in [-0.39, 0.29) is 11.8 Å². The minimum absolute atomic E-state index is 0.0766. The van der Waals surface area contributed by atoms with Crippen LogP contribution in [-0.4, -0.2) is 33.4 Å². The lowest BCUT2D eigenvalue weighted by Crippen LogP contribution is -2.25. The molecule has 1 saturated heterocycles. The van der Waals surface area contributed by atoms with Gasteiger partial charge in [0, 0.05) is 18.8 Å². The minimum atomic E-state index is -0.149. The number of benzene rings is 1. The molecule has 2 heterocycles. The first-order chi connectivity index (χ1) is 10.7. The van der Waals surface area contributed by atoms with Gasteiger partial charge in [0.1, 0.15) is 6.33 Å². The monoisotopic (exact) mass is 295 g/mol. The second-order valence-electron chi connectivity index (χ2n) is 5.53. The van der Waals surface area contributed by atoms with E-state index < -0.39 is 0 Å². The van der Waals surface area contributed by atoms with Crippen molar-refractivity contribution in [1.29, 1.82) is 5.26 Å². The third kappa shape index (κ3) is 2.93. The summed E-state index contributed by atoms with van der Waals surface area (Å²) in [5, 5.41) is 11.7. The van der Waals surface area contributed by atoms with Crippen LogP contribution in [0.2, 0.25) is 0 Å². The van der Waals surface area contributed by atoms with Crippen LogP contribution in [0.3, 0.4) is 0 Å². The summed E-state index contributed by atoms with van der Waals surface area (Å²) < 4.78 is 1.87. The highest BCUT2D eigenvalue weighted by Crippen LogP contribution is 2.18. The number of nitrogens with one attached hydrogen (secondary N) is 1. The Kier molecular flexibility index (Phi) is 3.79. The zero-order chi connectivity index (χ0) is 15.5. The SMILES string of the molecule is Cc1cccc(-n2cnc(NC(=O)[C@H]3CCN(C#N)C3)c2)c1. The number of aromatic nitrogens is 2. The molecule has 0 unspecified atom stereocenters. The van der Waals surface area contributed by atoms with Crippen LogP contribution in [0.4, 0.5) is 5.82 Å². The van der Waals surface area contributed by atoms with Gasteiger partial charge < -0.3 is 14.8 Å². The molecule has 1 atom stereocenters. The molecule has 2 aromatic rings. The van der Waals surface area contributed by atoms with E-state index in [1.165, 1.54) is 5.56 Å². The van der Waals surface area contributed by atoms with Gasteiger partial charge in [-0.05, 0) is 31.0 Å². The van der Waals surface area contributed by atoms with Crippen LogP contribution >= 0.6 is 0 Å². The van der Waals surface area contributed by atoms with Gasteiger partial charge in [0.15, 0.2) is 12.0 Å². The van der Waals surface area contributed by atoms with Crippen molar-refractivity contribution < 1.29 is 4.79 Å². The van der Waals surface area contributed by atoms with Crippen molar-refractivity contribution >= 4 is 11.7 Å². The standard InChI is InChI=1S/C16H17N5O/c1-12-3-2-4-14(7-12)21-9-15(18-11-21)19-16(22)13-5-6-20(8-13)10-17/h2-4,7,9,11,13H,5-6,8H2,1H3,(H,19,22)/t13-/m0/s1. The lowest BCUT2D eigenvalue weighted by Gasteiger charge is -2.08. The number of rotatable bonds is 3. The van der Waals surface area contributed by atoms with Gasteiger partial charge in [0.25, 0.3) is 0 Å². The fourth-order valence-corrected chi connectivity index (χ4v) is 2.61. The molecule has 0 spiro atoms. The molecule has 1 amide bonds. The number of nitriles is 1. The number of imidazole rings is 1. The zero-order valence-corrected chi connectivity index (χ0v) is 12.4. The van der Waals surface area contributed by atoms with Gasteiger partial charge in [-0.2, -0.15) is 5.26 Å². The van der Waals surface area contributed by atoms with Crippen molar-refractivity contribution in [2.45, 2.75) is 13.3 Å². The number of carbonyl (C=O) groups is 1. The van der Waals surface area contributed by atoms with E-state index >= 15 is 0 Å². The summed E-state index contributed by atoms with van der Waals surface area (Å²) in [5.74, 6) is 0.304. The molecule has 6 heteroatoms. The predicted molar refractivity (Wildman–Crippen MR) is 82.2 cm³/mol. The third-order valence-corrected chi connectivity index (χ3v) is 3.83. The number of likely N-dealkylation sites (tertiary alicyclic amines) is 1. The molecule has 1 N–H and O–H groups in total. The van der Waals surface area contributed by atoms with E-state index in [2.05, 4.69) is 22.6 Å². The molecule has 1 aromatic heterocycles. The molecule has 0 aliphatic carbocycles. The van der Waals surface area contributed by atoms with Crippen molar-refractivity contribution in [3.8, 4) is 11.9 Å². The molecule has 0 bridgehead atoms. The molecule has 6 nitrogen and oxygen atoms in total. The van der Waals surface area contributed by atoms with E-state index in [0.717, 1.165) is 5.69 Å². The zero-order valence-electron chi connectivity index (χ0n) is 12.4. The first-order valence-electron chi connectivity index (χ1n) is 7.22. The predicted octanol–water partition coefficient (Wildman–Crippen LogP) is 1.92. The number of hydrogen-bond donors (Lipinski definition) is 1. The van der Waals surface area contributed by atoms with Gasteiger partial charge in [0.05, 0.1) is 12.1 Å². The molecule has 1 aliphatic rings. The van der Waals surface area contributed by atoms with Gasteiger partial charge in [-0.3, -0.25) is 4.79 Å². The van der Waals surface area contributed by atoms with Crippen LogP contribution in [0.1, 0.15) is 12.0 Å². The Morgan fingerprint density at radius 1 is 1.50 bits per heavy atom. The lowest BCUT2D eigenvalue weighted by atomic mass is 10.1. The Morgan fingerprint density at radius 2 is 2.36 bits per heavy atom. The van der Waals surface area contributed by atoms with E-state index in [0.29, 0.717) is 25.3 Å². The Balaban J connectivity index is 1.67. The van der Waals surface area contributed by atoms with Crippen LogP contribution in [0.5, 0.6) is 0 Å². The highest BCUT2D eigenvalue weighted by molar-refractivity contribution is 5.92. The van der Waals surface area contributed by atoms with E-state index in [1.807, 2.05) is 29.7 Å². The summed E-state index contributed by atoms with van der Waals surface area (Å²) in [7, 11) is 0. The van der Waals surface area contributed by atoms with Gasteiger partial charge in [0.2, 0.25) is 5.91 Å². The van der Waals surface area contributed by atoms with Crippen LogP contribution in [0.15, 0.2) is 36.8 Å². The number of hydrogen-bond acceptors (Lipinski definition) is 4. The fourth-order valence-electron chi connectivity index (χ4n) is 2.61. The first-order valence-corrected chi connectivity index (χ1v) is 7.22. The molecule has 112 valence electrons. The summed E-state index contributed by atoms with van der Waals surface area (Å²) in [6.07, 6.45) is 6.26. The Morgan fingerprint density at radius 3 is 3.09 bits per heavy atom. The summed E-state index contributed by atoms with van der Waals surface area (Å²) >= 11 is 0. The topological polar surface area (TPSA) is 74.0 Å². The Bertz CT molecular complexity index is 730. The minimum Gasteiger partial charge on any atom is -0.310 e. The van der Waals surface area contributed by atoms with Crippen molar-refractivity contribution in [2.24, 2.45) is 5.92 Å². The maximum absolute atomic E-state index is 12.2. The highest BCUT2D eigenvalue weighted by Gasteiger charge is 2.28. The number of amides is 1. The summed E-state index contributed by atoms with van der Waals surface area (Å²) in [6, 6.07) is 8.05. The maximum atomic E-state index is 12.2. The van der Waals surface area contributed by atoms with Gasteiger partial charge in [-0.15, -0.1) is 0 Å². The number of nitrogens with zero attached hydrogens (tertiary/aromatic N) is 4. The third-order valence-electron chi connectivity index (χ3n) is 3.83. The molecule has 1 aliphatic heterocycles. The van der Waals surface area contributed by atoms with Gasteiger partial charge >= 0.3 is 0 Å². The van der Waals surface area contributed by atoms with Crippen LogP contribution in [0.25, 0.3) is 5.69 Å². The van der Waals surface area contributed by atoms with Crippen LogP contribution < -0.4 is 5.32 Å². The molecule has 3 rings (SSSR count). The smallest absolute Gasteiger partial charge is 0.230 e. The lowest BCUT2D eigenvalue weighted by molar-refractivity contribution is -0.119. The quantitative estimate of drug-likeness (QED) is 0.878. The average molecular weight is 295 g/mol. The van der Waals surface area contributed by atoms with Crippen molar-refractivity contribution in [1.82, 2.24) is 14.5 Å². The average Bonchev–Trinajstić information content (AvgIpc) is 3.16. The van der Waals surface area contributed by atoms with Crippen LogP contribution in [-0.2, 0) is 4.79 Å².